The topological polar surface area (TPSA) is 50.9 Å². The van der Waals surface area contributed by atoms with E-state index in [2.05, 4.69) is 4.98 Å². The molecule has 0 spiro atoms. The van der Waals surface area contributed by atoms with Crippen LogP contribution in [0, 0.1) is 5.41 Å². The molecule has 0 bridgehead atoms. The van der Waals surface area contributed by atoms with Crippen molar-refractivity contribution in [1.82, 2.24) is 9.55 Å². The van der Waals surface area contributed by atoms with Gasteiger partial charge in [-0.3, -0.25) is 5.41 Å². The van der Waals surface area contributed by atoms with E-state index in [0.717, 1.165) is 27.6 Å². The molecule has 138 valence electrons. The second-order valence-electron chi connectivity index (χ2n) is 6.83. The van der Waals surface area contributed by atoms with E-state index in [1.54, 1.807) is 17.9 Å². The maximum atomic E-state index is 8.64. The van der Waals surface area contributed by atoms with Crippen LogP contribution < -0.4 is 10.2 Å². The number of fused-ring (bicyclic) bond motifs is 4. The van der Waals surface area contributed by atoms with Crippen LogP contribution in [0.25, 0.3) is 10.8 Å². The Labute approximate surface area is 171 Å². The summed E-state index contributed by atoms with van der Waals surface area (Å²) in [5, 5.41) is 11.8. The van der Waals surface area contributed by atoms with Crippen LogP contribution in [0.3, 0.4) is 0 Å². The molecule has 0 saturated heterocycles. The first-order valence-corrected chi connectivity index (χ1v) is 9.55. The van der Waals surface area contributed by atoms with Crippen LogP contribution in [-0.4, -0.2) is 9.55 Å². The smallest absolute Gasteiger partial charge is 0.228 e. The molecule has 0 radical (unpaired) electrons. The lowest BCUT2D eigenvalue weighted by molar-refractivity contribution is 0.430. The van der Waals surface area contributed by atoms with Gasteiger partial charge in [-0.15, -0.1) is 0 Å². The van der Waals surface area contributed by atoms with E-state index in [9.17, 15) is 0 Å². The largest absolute Gasteiger partial charge is 0.438 e. The predicted octanol–water partition coefficient (Wildman–Crippen LogP) is 5.65. The molecule has 28 heavy (non-hydrogen) atoms. The molecule has 1 N–H and O–H groups in total. The number of halogens is 2. The molecule has 4 aromatic rings. The number of aromatic nitrogens is 2. The van der Waals surface area contributed by atoms with Gasteiger partial charge in [0.05, 0.1) is 11.9 Å². The highest BCUT2D eigenvalue weighted by molar-refractivity contribution is 6.36. The molecule has 1 aliphatic heterocycles. The first kappa shape index (κ1) is 17.3. The fourth-order valence-corrected chi connectivity index (χ4v) is 4.21. The Kier molecular flexibility index (Phi) is 3.93. The minimum absolute atomic E-state index is 0.231. The summed E-state index contributed by atoms with van der Waals surface area (Å²) in [7, 11) is 1.80. The van der Waals surface area contributed by atoms with Gasteiger partial charge in [-0.25, -0.2) is 4.98 Å². The summed E-state index contributed by atoms with van der Waals surface area (Å²) in [4.78, 5) is 4.46. The molecule has 0 aliphatic carbocycles. The molecular formula is C22H15Cl2N3O. The number of rotatable bonds is 1. The molecule has 0 fully saturated rings. The van der Waals surface area contributed by atoms with Gasteiger partial charge in [0.2, 0.25) is 5.88 Å². The van der Waals surface area contributed by atoms with Crippen molar-refractivity contribution >= 4 is 34.0 Å². The quantitative estimate of drug-likeness (QED) is 0.390. The lowest BCUT2D eigenvalue weighted by Crippen LogP contribution is -2.28. The number of benzene rings is 3. The molecule has 1 atom stereocenters. The van der Waals surface area contributed by atoms with Crippen molar-refractivity contribution in [3.05, 3.63) is 93.1 Å². The van der Waals surface area contributed by atoms with Crippen LogP contribution in [0.4, 0.5) is 0 Å². The number of hydrogen-bond acceptors (Lipinski definition) is 3. The zero-order valence-electron chi connectivity index (χ0n) is 14.9. The fourth-order valence-electron chi connectivity index (χ4n) is 3.81. The summed E-state index contributed by atoms with van der Waals surface area (Å²) >= 11 is 12.7. The van der Waals surface area contributed by atoms with Crippen LogP contribution in [0.1, 0.15) is 22.6 Å². The maximum Gasteiger partial charge on any atom is 0.228 e. The Morgan fingerprint density at radius 3 is 2.50 bits per heavy atom. The average Bonchev–Trinajstić information content (AvgIpc) is 2.71. The monoisotopic (exact) mass is 407 g/mol. The molecular weight excluding hydrogens is 393 g/mol. The number of nitrogens with zero attached hydrogens (tertiary/aromatic N) is 2. The first-order chi connectivity index (χ1) is 13.5. The molecule has 3 aromatic carbocycles. The van der Waals surface area contributed by atoms with Gasteiger partial charge in [-0.05, 0) is 23.8 Å². The van der Waals surface area contributed by atoms with E-state index in [1.807, 2.05) is 54.6 Å². The van der Waals surface area contributed by atoms with E-state index in [-0.39, 0.29) is 5.92 Å². The number of nitrogens with one attached hydrogen (secondary N) is 1. The van der Waals surface area contributed by atoms with Gasteiger partial charge in [-0.2, -0.15) is 0 Å². The highest BCUT2D eigenvalue weighted by atomic mass is 35.5. The highest BCUT2D eigenvalue weighted by Crippen LogP contribution is 2.49. The third kappa shape index (κ3) is 2.53. The molecule has 4 nitrogen and oxygen atoms in total. The normalized spacial score (nSPS) is 15.0. The van der Waals surface area contributed by atoms with Crippen molar-refractivity contribution < 1.29 is 4.74 Å². The van der Waals surface area contributed by atoms with Crippen LogP contribution in [0.5, 0.6) is 11.6 Å². The van der Waals surface area contributed by atoms with Crippen molar-refractivity contribution in [2.45, 2.75) is 5.92 Å². The van der Waals surface area contributed by atoms with E-state index in [1.165, 1.54) is 0 Å². The van der Waals surface area contributed by atoms with E-state index in [0.29, 0.717) is 27.0 Å². The van der Waals surface area contributed by atoms with Crippen LogP contribution in [0.2, 0.25) is 10.0 Å². The van der Waals surface area contributed by atoms with Crippen molar-refractivity contribution in [1.29, 1.82) is 5.41 Å². The van der Waals surface area contributed by atoms with Crippen LogP contribution in [-0.2, 0) is 7.05 Å². The summed E-state index contributed by atoms with van der Waals surface area (Å²) < 4.78 is 7.91. The minimum atomic E-state index is -0.231. The average molecular weight is 408 g/mol. The van der Waals surface area contributed by atoms with Crippen molar-refractivity contribution in [3.8, 4) is 11.6 Å². The number of hydrogen-bond donors (Lipinski definition) is 1. The van der Waals surface area contributed by atoms with E-state index < -0.39 is 0 Å². The zero-order chi connectivity index (χ0) is 19.4. The van der Waals surface area contributed by atoms with Crippen LogP contribution in [0.15, 0.2) is 60.9 Å². The summed E-state index contributed by atoms with van der Waals surface area (Å²) in [6, 6.07) is 17.5. The Morgan fingerprint density at radius 2 is 1.75 bits per heavy atom. The van der Waals surface area contributed by atoms with E-state index >= 15 is 0 Å². The molecule has 1 aliphatic rings. The molecule has 1 unspecified atom stereocenters. The van der Waals surface area contributed by atoms with Gasteiger partial charge in [0.1, 0.15) is 11.2 Å². The van der Waals surface area contributed by atoms with E-state index in [4.69, 9.17) is 33.3 Å². The first-order valence-electron chi connectivity index (χ1n) is 8.79. The van der Waals surface area contributed by atoms with Crippen LogP contribution >= 0.6 is 23.2 Å². The third-order valence-corrected chi connectivity index (χ3v) is 5.73. The second kappa shape index (κ2) is 6.36. The van der Waals surface area contributed by atoms with Gasteiger partial charge in [0.25, 0.3) is 0 Å². The van der Waals surface area contributed by atoms with Gasteiger partial charge in [0.15, 0.2) is 0 Å². The molecule has 0 amide bonds. The standard InChI is InChI=1S/C22H15Cl2N3O/c1-27-11-26-22-19(21(27)25)18(12-6-8-13(23)9-7-12)16-10-17(24)14-4-2-3-5-15(14)20(16)28-22/h2-11,18,25H,1H3. The number of ether oxygens (including phenoxy) is 1. The SMILES string of the molecule is Cn1cnc2c(c1=N)C(c1ccc(Cl)cc1)c1cc(Cl)c3ccccc3c1O2. The Hall–Kier alpha value is -2.82. The fraction of sp³-hybridized carbons (Fsp3) is 0.0909. The molecule has 2 heterocycles. The maximum absolute atomic E-state index is 8.64. The summed E-state index contributed by atoms with van der Waals surface area (Å²) in [5.74, 6) is 0.946. The second-order valence-corrected chi connectivity index (χ2v) is 7.68. The van der Waals surface area contributed by atoms with Gasteiger partial charge < -0.3 is 9.30 Å². The Balaban J connectivity index is 1.89. The van der Waals surface area contributed by atoms with Gasteiger partial charge in [0, 0.05) is 39.3 Å². The lowest BCUT2D eigenvalue weighted by atomic mass is 9.83. The molecule has 1 aromatic heterocycles. The molecule has 6 heteroatoms. The summed E-state index contributed by atoms with van der Waals surface area (Å²) in [6.45, 7) is 0. The Bertz CT molecular complexity index is 1300. The summed E-state index contributed by atoms with van der Waals surface area (Å²) in [5.41, 5.74) is 2.98. The lowest BCUT2D eigenvalue weighted by Gasteiger charge is -2.29. The number of aryl methyl sites for hydroxylation is 1. The van der Waals surface area contributed by atoms with Gasteiger partial charge in [-0.1, -0.05) is 59.6 Å². The highest BCUT2D eigenvalue weighted by Gasteiger charge is 2.33. The van der Waals surface area contributed by atoms with Gasteiger partial charge >= 0.3 is 0 Å². The molecule has 0 saturated carbocycles. The Morgan fingerprint density at radius 1 is 1.04 bits per heavy atom. The van der Waals surface area contributed by atoms with Crippen molar-refractivity contribution in [3.63, 3.8) is 0 Å². The predicted molar refractivity (Wildman–Crippen MR) is 110 cm³/mol. The zero-order valence-corrected chi connectivity index (χ0v) is 16.4. The van der Waals surface area contributed by atoms with Crippen molar-refractivity contribution in [2.24, 2.45) is 7.05 Å². The molecule has 5 rings (SSSR count). The third-order valence-electron chi connectivity index (χ3n) is 5.16. The van der Waals surface area contributed by atoms with Crippen molar-refractivity contribution in [2.75, 3.05) is 0 Å². The summed E-state index contributed by atoms with van der Waals surface area (Å²) in [6.07, 6.45) is 1.60. The minimum Gasteiger partial charge on any atom is -0.438 e.